The lowest BCUT2D eigenvalue weighted by Crippen LogP contribution is -2.15. The van der Waals surface area contributed by atoms with Gasteiger partial charge in [-0.3, -0.25) is 9.40 Å². The van der Waals surface area contributed by atoms with Crippen molar-refractivity contribution in [1.29, 1.82) is 5.26 Å². The summed E-state index contributed by atoms with van der Waals surface area (Å²) in [6.45, 7) is 0.457. The van der Waals surface area contributed by atoms with E-state index in [0.29, 0.717) is 17.8 Å². The first-order chi connectivity index (χ1) is 11.6. The van der Waals surface area contributed by atoms with E-state index in [1.165, 1.54) is 24.3 Å². The summed E-state index contributed by atoms with van der Waals surface area (Å²) in [4.78, 5) is 0.107. The van der Waals surface area contributed by atoms with Gasteiger partial charge in [0.15, 0.2) is 0 Å². The molecule has 7 heteroatoms. The number of anilines is 1. The maximum absolute atomic E-state index is 12.5. The van der Waals surface area contributed by atoms with E-state index in [1.54, 1.807) is 23.0 Å². The highest BCUT2D eigenvalue weighted by atomic mass is 32.2. The van der Waals surface area contributed by atoms with Crippen LogP contribution in [0.4, 0.5) is 5.69 Å². The summed E-state index contributed by atoms with van der Waals surface area (Å²) >= 11 is 0. The van der Waals surface area contributed by atoms with Crippen molar-refractivity contribution in [2.75, 3.05) is 4.72 Å². The van der Waals surface area contributed by atoms with Crippen LogP contribution >= 0.6 is 0 Å². The molecule has 3 aromatic rings. The number of hydrogen-bond donors (Lipinski definition) is 1. The highest BCUT2D eigenvalue weighted by Gasteiger charge is 2.16. The predicted octanol–water partition coefficient (Wildman–Crippen LogP) is 2.60. The third-order valence-electron chi connectivity index (χ3n) is 3.45. The topological polar surface area (TPSA) is 87.8 Å². The Hall–Kier alpha value is -3.11. The van der Waals surface area contributed by atoms with Crippen LogP contribution in [0.2, 0.25) is 0 Å². The molecule has 1 N–H and O–H groups in total. The normalized spacial score (nSPS) is 11.0. The molecule has 1 aromatic heterocycles. The number of nitriles is 1. The van der Waals surface area contributed by atoms with Crippen molar-refractivity contribution in [3.63, 3.8) is 0 Å². The highest BCUT2D eigenvalue weighted by molar-refractivity contribution is 7.92. The number of hydrogen-bond acceptors (Lipinski definition) is 4. The minimum atomic E-state index is -3.73. The van der Waals surface area contributed by atoms with Gasteiger partial charge in [-0.25, -0.2) is 8.42 Å². The first-order valence-electron chi connectivity index (χ1n) is 7.17. The number of nitrogens with one attached hydrogen (secondary N) is 1. The summed E-state index contributed by atoms with van der Waals surface area (Å²) in [6.07, 6.45) is 3.48. The molecular weight excluding hydrogens is 324 g/mol. The molecule has 0 amide bonds. The molecule has 0 aliphatic carbocycles. The third-order valence-corrected chi connectivity index (χ3v) is 4.83. The fraction of sp³-hybridized carbons (Fsp3) is 0.0588. The Morgan fingerprint density at radius 2 is 1.83 bits per heavy atom. The zero-order valence-electron chi connectivity index (χ0n) is 12.6. The van der Waals surface area contributed by atoms with Gasteiger partial charge >= 0.3 is 0 Å². The fourth-order valence-corrected chi connectivity index (χ4v) is 3.34. The van der Waals surface area contributed by atoms with Crippen molar-refractivity contribution in [2.24, 2.45) is 0 Å². The van der Waals surface area contributed by atoms with E-state index in [-0.39, 0.29) is 4.90 Å². The van der Waals surface area contributed by atoms with Crippen molar-refractivity contribution in [2.45, 2.75) is 11.4 Å². The number of sulfonamides is 1. The zero-order valence-corrected chi connectivity index (χ0v) is 13.4. The first-order valence-corrected chi connectivity index (χ1v) is 8.65. The molecule has 0 aliphatic heterocycles. The summed E-state index contributed by atoms with van der Waals surface area (Å²) in [5, 5.41) is 12.9. The van der Waals surface area contributed by atoms with Gasteiger partial charge in [0.2, 0.25) is 0 Å². The monoisotopic (exact) mass is 338 g/mol. The van der Waals surface area contributed by atoms with Gasteiger partial charge < -0.3 is 0 Å². The number of aromatic nitrogens is 2. The molecule has 24 heavy (non-hydrogen) atoms. The van der Waals surface area contributed by atoms with Crippen molar-refractivity contribution >= 4 is 15.7 Å². The van der Waals surface area contributed by atoms with Crippen molar-refractivity contribution < 1.29 is 8.42 Å². The Morgan fingerprint density at radius 1 is 1.08 bits per heavy atom. The Kier molecular flexibility index (Phi) is 4.31. The van der Waals surface area contributed by atoms with Crippen LogP contribution in [0.15, 0.2) is 71.9 Å². The average Bonchev–Trinajstić information content (AvgIpc) is 3.09. The van der Waals surface area contributed by atoms with Gasteiger partial charge in [-0.1, -0.05) is 18.2 Å². The summed E-state index contributed by atoms with van der Waals surface area (Å²) in [6, 6.07) is 16.7. The molecule has 0 saturated carbocycles. The molecule has 0 bridgehead atoms. The third kappa shape index (κ3) is 3.45. The largest absolute Gasteiger partial charge is 0.279 e. The summed E-state index contributed by atoms with van der Waals surface area (Å²) < 4.78 is 29.4. The predicted molar refractivity (Wildman–Crippen MR) is 89.7 cm³/mol. The van der Waals surface area contributed by atoms with Crippen molar-refractivity contribution in [3.05, 3.63) is 78.1 Å². The van der Waals surface area contributed by atoms with Crippen LogP contribution in [0.3, 0.4) is 0 Å². The lowest BCUT2D eigenvalue weighted by Gasteiger charge is -2.13. The van der Waals surface area contributed by atoms with E-state index < -0.39 is 10.0 Å². The van der Waals surface area contributed by atoms with Crippen LogP contribution < -0.4 is 4.72 Å². The van der Waals surface area contributed by atoms with Gasteiger partial charge in [-0.2, -0.15) is 10.4 Å². The number of para-hydroxylation sites is 1. The van der Waals surface area contributed by atoms with Crippen molar-refractivity contribution in [3.8, 4) is 6.07 Å². The van der Waals surface area contributed by atoms with E-state index in [0.717, 1.165) is 5.56 Å². The smallest absolute Gasteiger partial charge is 0.261 e. The lowest BCUT2D eigenvalue weighted by atomic mass is 10.2. The molecule has 1 heterocycles. The van der Waals surface area contributed by atoms with Gasteiger partial charge in [0.05, 0.1) is 28.8 Å². The van der Waals surface area contributed by atoms with Crippen LogP contribution in [-0.4, -0.2) is 18.2 Å². The Morgan fingerprint density at radius 3 is 2.50 bits per heavy atom. The minimum absolute atomic E-state index is 0.107. The second-order valence-electron chi connectivity index (χ2n) is 5.10. The van der Waals surface area contributed by atoms with Gasteiger partial charge in [0.1, 0.15) is 0 Å². The SMILES string of the molecule is N#Cc1ccc(S(=O)(=O)Nc2ccccc2Cn2cccn2)cc1. The molecule has 0 atom stereocenters. The fourth-order valence-electron chi connectivity index (χ4n) is 2.24. The Labute approximate surface area is 140 Å². The second-order valence-corrected chi connectivity index (χ2v) is 6.78. The van der Waals surface area contributed by atoms with E-state index in [2.05, 4.69) is 9.82 Å². The number of rotatable bonds is 5. The summed E-state index contributed by atoms with van der Waals surface area (Å²) in [7, 11) is -3.73. The maximum atomic E-state index is 12.5. The molecule has 2 aromatic carbocycles. The quantitative estimate of drug-likeness (QED) is 0.774. The highest BCUT2D eigenvalue weighted by Crippen LogP contribution is 2.21. The molecule has 6 nitrogen and oxygen atoms in total. The molecule has 0 fully saturated rings. The molecular formula is C17H14N4O2S. The van der Waals surface area contributed by atoms with Gasteiger partial charge in [0.25, 0.3) is 10.0 Å². The zero-order chi connectivity index (χ0) is 17.0. The van der Waals surface area contributed by atoms with Gasteiger partial charge in [0, 0.05) is 12.4 Å². The maximum Gasteiger partial charge on any atom is 0.261 e. The molecule has 3 rings (SSSR count). The van der Waals surface area contributed by atoms with Crippen LogP contribution in [0.25, 0.3) is 0 Å². The summed E-state index contributed by atoms with van der Waals surface area (Å²) in [5.41, 5.74) is 1.71. The Balaban J connectivity index is 1.88. The molecule has 120 valence electrons. The van der Waals surface area contributed by atoms with E-state index in [1.807, 2.05) is 30.5 Å². The van der Waals surface area contributed by atoms with Crippen LogP contribution in [-0.2, 0) is 16.6 Å². The molecule has 0 saturated heterocycles. The standard InChI is InChI=1S/C17H14N4O2S/c18-12-14-6-8-16(9-7-14)24(22,23)20-17-5-2-1-4-15(17)13-21-11-3-10-19-21/h1-11,20H,13H2. The van der Waals surface area contributed by atoms with E-state index in [4.69, 9.17) is 5.26 Å². The van der Waals surface area contributed by atoms with Crippen LogP contribution in [0.1, 0.15) is 11.1 Å². The van der Waals surface area contributed by atoms with Crippen LogP contribution in [0.5, 0.6) is 0 Å². The molecule has 0 spiro atoms. The van der Waals surface area contributed by atoms with E-state index in [9.17, 15) is 8.42 Å². The second kappa shape index (κ2) is 6.56. The average molecular weight is 338 g/mol. The van der Waals surface area contributed by atoms with E-state index >= 15 is 0 Å². The first kappa shape index (κ1) is 15.8. The summed E-state index contributed by atoms with van der Waals surface area (Å²) in [5.74, 6) is 0. The molecule has 0 radical (unpaired) electrons. The Bertz CT molecular complexity index is 972. The minimum Gasteiger partial charge on any atom is -0.279 e. The number of nitrogens with zero attached hydrogens (tertiary/aromatic N) is 3. The van der Waals surface area contributed by atoms with Gasteiger partial charge in [-0.05, 0) is 42.0 Å². The lowest BCUT2D eigenvalue weighted by molar-refractivity contribution is 0.601. The molecule has 0 aliphatic rings. The van der Waals surface area contributed by atoms with Gasteiger partial charge in [-0.15, -0.1) is 0 Å². The number of benzene rings is 2. The van der Waals surface area contributed by atoms with Crippen LogP contribution in [0, 0.1) is 11.3 Å². The molecule has 0 unspecified atom stereocenters. The van der Waals surface area contributed by atoms with Crippen molar-refractivity contribution in [1.82, 2.24) is 9.78 Å².